The molecule has 0 spiro atoms. The van der Waals surface area contributed by atoms with E-state index in [-0.39, 0.29) is 0 Å². The van der Waals surface area contributed by atoms with E-state index in [9.17, 15) is 0 Å². The quantitative estimate of drug-likeness (QED) is 0.877. The van der Waals surface area contributed by atoms with E-state index in [0.29, 0.717) is 0 Å². The van der Waals surface area contributed by atoms with Gasteiger partial charge in [0.15, 0.2) is 0 Å². The van der Waals surface area contributed by atoms with Gasteiger partial charge < -0.3 is 10.2 Å². The van der Waals surface area contributed by atoms with Gasteiger partial charge in [-0.25, -0.2) is 0 Å². The van der Waals surface area contributed by atoms with Gasteiger partial charge in [0.1, 0.15) is 0 Å². The summed E-state index contributed by atoms with van der Waals surface area (Å²) in [5.41, 5.74) is 5.09. The number of rotatable bonds is 4. The van der Waals surface area contributed by atoms with Gasteiger partial charge in [0, 0.05) is 32.0 Å². The van der Waals surface area contributed by atoms with E-state index in [2.05, 4.69) is 72.7 Å². The van der Waals surface area contributed by atoms with Gasteiger partial charge in [0.2, 0.25) is 0 Å². The summed E-state index contributed by atoms with van der Waals surface area (Å²) in [6, 6.07) is 17.0. The fourth-order valence-corrected chi connectivity index (χ4v) is 2.02. The highest BCUT2D eigenvalue weighted by Crippen LogP contribution is 2.19. The Kier molecular flexibility index (Phi) is 3.88. The van der Waals surface area contributed by atoms with Crippen LogP contribution < -0.4 is 10.2 Å². The third kappa shape index (κ3) is 2.83. The Bertz CT molecular complexity index is 503. The Morgan fingerprint density at radius 1 is 1.00 bits per heavy atom. The van der Waals surface area contributed by atoms with Gasteiger partial charge in [-0.3, -0.25) is 0 Å². The minimum absolute atomic E-state index is 0.936. The first-order valence-electron chi connectivity index (χ1n) is 6.24. The number of anilines is 2. The smallest absolute Gasteiger partial charge is 0.0428 e. The number of nitrogens with one attached hydrogen (secondary N) is 1. The lowest BCUT2D eigenvalue weighted by molar-refractivity contribution is 0.914. The van der Waals surface area contributed by atoms with Crippen LogP contribution in [0.1, 0.15) is 11.1 Å². The molecule has 0 aromatic heterocycles. The van der Waals surface area contributed by atoms with Gasteiger partial charge in [0.25, 0.3) is 0 Å². The maximum absolute atomic E-state index is 3.13. The second kappa shape index (κ2) is 5.58. The van der Waals surface area contributed by atoms with Crippen molar-refractivity contribution in [2.75, 3.05) is 24.3 Å². The van der Waals surface area contributed by atoms with Gasteiger partial charge in [0.05, 0.1) is 0 Å². The van der Waals surface area contributed by atoms with E-state index in [1.807, 2.05) is 7.05 Å². The topological polar surface area (TPSA) is 15.3 Å². The summed E-state index contributed by atoms with van der Waals surface area (Å²) < 4.78 is 0. The molecule has 0 unspecified atom stereocenters. The molecule has 2 aromatic rings. The highest BCUT2D eigenvalue weighted by molar-refractivity contribution is 5.54. The van der Waals surface area contributed by atoms with Crippen molar-refractivity contribution in [3.63, 3.8) is 0 Å². The molecule has 0 saturated carbocycles. The lowest BCUT2D eigenvalue weighted by Crippen LogP contribution is -2.16. The predicted octanol–water partition coefficient (Wildman–Crippen LogP) is 3.67. The summed E-state index contributed by atoms with van der Waals surface area (Å²) in [6.07, 6.45) is 0. The Morgan fingerprint density at radius 3 is 2.28 bits per heavy atom. The van der Waals surface area contributed by atoms with Crippen molar-refractivity contribution in [1.82, 2.24) is 0 Å². The van der Waals surface area contributed by atoms with Crippen molar-refractivity contribution in [2.24, 2.45) is 0 Å². The molecule has 0 aliphatic rings. The first kappa shape index (κ1) is 12.5. The van der Waals surface area contributed by atoms with Crippen molar-refractivity contribution in [3.8, 4) is 0 Å². The van der Waals surface area contributed by atoms with Crippen LogP contribution in [0.15, 0.2) is 48.5 Å². The van der Waals surface area contributed by atoms with Gasteiger partial charge in [-0.15, -0.1) is 0 Å². The lowest BCUT2D eigenvalue weighted by atomic mass is 10.1. The number of nitrogens with zero attached hydrogens (tertiary/aromatic N) is 1. The Morgan fingerprint density at radius 2 is 1.67 bits per heavy atom. The molecule has 0 aliphatic carbocycles. The normalized spacial score (nSPS) is 10.2. The lowest BCUT2D eigenvalue weighted by Gasteiger charge is -2.20. The van der Waals surface area contributed by atoms with Gasteiger partial charge in [-0.05, 0) is 42.3 Å². The second-order valence-electron chi connectivity index (χ2n) is 4.58. The minimum atomic E-state index is 0.936. The molecular formula is C16H20N2. The molecule has 2 rings (SSSR count). The molecule has 0 atom stereocenters. The van der Waals surface area contributed by atoms with Crippen molar-refractivity contribution < 1.29 is 0 Å². The highest BCUT2D eigenvalue weighted by Gasteiger charge is 2.03. The number of aryl methyl sites for hydroxylation is 1. The van der Waals surface area contributed by atoms with Gasteiger partial charge >= 0.3 is 0 Å². The molecule has 0 saturated heterocycles. The van der Waals surface area contributed by atoms with Crippen molar-refractivity contribution in [1.29, 1.82) is 0 Å². The number of benzene rings is 2. The molecule has 2 aromatic carbocycles. The van der Waals surface area contributed by atoms with E-state index >= 15 is 0 Å². The third-order valence-electron chi connectivity index (χ3n) is 3.27. The van der Waals surface area contributed by atoms with Crippen molar-refractivity contribution >= 4 is 11.4 Å². The first-order valence-corrected chi connectivity index (χ1v) is 6.24. The highest BCUT2D eigenvalue weighted by atomic mass is 15.1. The van der Waals surface area contributed by atoms with E-state index in [0.717, 1.165) is 12.2 Å². The van der Waals surface area contributed by atoms with E-state index in [1.54, 1.807) is 0 Å². The standard InChI is InChI=1S/C16H20N2/c1-13-6-4-5-7-14(13)12-18(3)16-10-8-15(17-2)9-11-16/h4-11,17H,12H2,1-3H3. The molecule has 0 fully saturated rings. The molecule has 0 radical (unpaired) electrons. The molecule has 0 aliphatic heterocycles. The Labute approximate surface area is 109 Å². The van der Waals surface area contributed by atoms with E-state index < -0.39 is 0 Å². The van der Waals surface area contributed by atoms with E-state index in [1.165, 1.54) is 16.8 Å². The van der Waals surface area contributed by atoms with Crippen molar-refractivity contribution in [3.05, 3.63) is 59.7 Å². The van der Waals surface area contributed by atoms with Crippen LogP contribution in [0.3, 0.4) is 0 Å². The zero-order valence-corrected chi connectivity index (χ0v) is 11.3. The Balaban J connectivity index is 2.11. The van der Waals surface area contributed by atoms with Crippen LogP contribution in [0.25, 0.3) is 0 Å². The summed E-state index contributed by atoms with van der Waals surface area (Å²) >= 11 is 0. The third-order valence-corrected chi connectivity index (χ3v) is 3.27. The van der Waals surface area contributed by atoms with E-state index in [4.69, 9.17) is 0 Å². The fourth-order valence-electron chi connectivity index (χ4n) is 2.02. The molecular weight excluding hydrogens is 220 g/mol. The van der Waals surface area contributed by atoms with Crippen LogP contribution >= 0.6 is 0 Å². The molecule has 2 heteroatoms. The average Bonchev–Trinajstić information content (AvgIpc) is 2.41. The summed E-state index contributed by atoms with van der Waals surface area (Å²) in [4.78, 5) is 2.27. The van der Waals surface area contributed by atoms with Crippen LogP contribution in [0.5, 0.6) is 0 Å². The monoisotopic (exact) mass is 240 g/mol. The molecule has 94 valence electrons. The zero-order chi connectivity index (χ0) is 13.0. The summed E-state index contributed by atoms with van der Waals surface area (Å²) in [6.45, 7) is 3.10. The molecule has 0 amide bonds. The maximum Gasteiger partial charge on any atom is 0.0428 e. The molecule has 18 heavy (non-hydrogen) atoms. The molecule has 0 heterocycles. The summed E-state index contributed by atoms with van der Waals surface area (Å²) in [7, 11) is 4.06. The zero-order valence-electron chi connectivity index (χ0n) is 11.3. The number of hydrogen-bond donors (Lipinski definition) is 1. The maximum atomic E-state index is 3.13. The van der Waals surface area contributed by atoms with Crippen LogP contribution in [0.2, 0.25) is 0 Å². The van der Waals surface area contributed by atoms with Gasteiger partial charge in [-0.2, -0.15) is 0 Å². The average molecular weight is 240 g/mol. The number of hydrogen-bond acceptors (Lipinski definition) is 2. The fraction of sp³-hybridized carbons (Fsp3) is 0.250. The molecule has 0 bridgehead atoms. The SMILES string of the molecule is CNc1ccc(N(C)Cc2ccccc2C)cc1. The van der Waals surface area contributed by atoms with Gasteiger partial charge in [-0.1, -0.05) is 24.3 Å². The second-order valence-corrected chi connectivity index (χ2v) is 4.58. The first-order chi connectivity index (χ1) is 8.70. The van der Waals surface area contributed by atoms with Crippen molar-refractivity contribution in [2.45, 2.75) is 13.5 Å². The van der Waals surface area contributed by atoms with Crippen LogP contribution in [0, 0.1) is 6.92 Å². The Hall–Kier alpha value is -1.96. The van der Waals surface area contributed by atoms with Crippen LogP contribution in [-0.2, 0) is 6.54 Å². The summed E-state index contributed by atoms with van der Waals surface area (Å²) in [5, 5.41) is 3.13. The molecule has 1 N–H and O–H groups in total. The minimum Gasteiger partial charge on any atom is -0.388 e. The van der Waals surface area contributed by atoms with Crippen LogP contribution in [-0.4, -0.2) is 14.1 Å². The predicted molar refractivity (Wildman–Crippen MR) is 79.3 cm³/mol. The van der Waals surface area contributed by atoms with Crippen LogP contribution in [0.4, 0.5) is 11.4 Å². The molecule has 2 nitrogen and oxygen atoms in total. The summed E-state index contributed by atoms with van der Waals surface area (Å²) in [5.74, 6) is 0. The largest absolute Gasteiger partial charge is 0.388 e.